The summed E-state index contributed by atoms with van der Waals surface area (Å²) in [5.74, 6) is 0. The molecule has 1 aliphatic heterocycles. The molecule has 1 aliphatic rings. The summed E-state index contributed by atoms with van der Waals surface area (Å²) >= 11 is 0. The van der Waals surface area contributed by atoms with Gasteiger partial charge in [-0.1, -0.05) is 30.3 Å². The van der Waals surface area contributed by atoms with Crippen LogP contribution in [0, 0.1) is 0 Å². The molecular weight excluding hydrogens is 210 g/mol. The highest BCUT2D eigenvalue weighted by Gasteiger charge is 2.22. The first kappa shape index (κ1) is 10.4. The molecule has 0 radical (unpaired) electrons. The molecule has 0 aromatic heterocycles. The van der Waals surface area contributed by atoms with Crippen LogP contribution in [0.2, 0.25) is 0 Å². The second-order valence-corrected chi connectivity index (χ2v) is 3.25. The van der Waals surface area contributed by atoms with Crippen molar-refractivity contribution in [2.45, 2.75) is 13.0 Å². The van der Waals surface area contributed by atoms with E-state index in [1.807, 2.05) is 35.6 Å². The van der Waals surface area contributed by atoms with Gasteiger partial charge in [0, 0.05) is 0 Å². The van der Waals surface area contributed by atoms with E-state index >= 15 is 0 Å². The number of carbonyl (C=O) groups excluding carboxylic acids is 2. The molecule has 3 N–H and O–H groups in total. The van der Waals surface area contributed by atoms with E-state index in [1.54, 1.807) is 0 Å². The Labute approximate surface area is 92.0 Å². The van der Waals surface area contributed by atoms with Gasteiger partial charge in [0.25, 0.3) is 0 Å². The van der Waals surface area contributed by atoms with Crippen LogP contribution in [0.5, 0.6) is 0 Å². The molecule has 0 unspecified atom stereocenters. The molecule has 0 spiro atoms. The average Bonchev–Trinajstić information content (AvgIpc) is 2.27. The van der Waals surface area contributed by atoms with Crippen LogP contribution in [0.25, 0.3) is 0 Å². The molecule has 0 bridgehead atoms. The Kier molecular flexibility index (Phi) is 3.02. The first-order valence-electron chi connectivity index (χ1n) is 4.77. The van der Waals surface area contributed by atoms with Crippen LogP contribution in [-0.4, -0.2) is 18.4 Å². The number of urea groups is 2. The van der Waals surface area contributed by atoms with E-state index in [-0.39, 0.29) is 0 Å². The highest BCUT2D eigenvalue weighted by Crippen LogP contribution is 2.02. The standard InChI is InChI=1S/C10H11N3O3/c14-8-11-9(15)13-10(12-8)16-6-7-4-2-1-3-5-7/h1-5,10H,6H2,(H3,11,12,13,14,15). The number of hydrogen-bond acceptors (Lipinski definition) is 3. The van der Waals surface area contributed by atoms with Gasteiger partial charge in [-0.05, 0) is 5.56 Å². The monoisotopic (exact) mass is 221 g/mol. The van der Waals surface area contributed by atoms with Gasteiger partial charge in [0.15, 0.2) is 0 Å². The summed E-state index contributed by atoms with van der Waals surface area (Å²) in [6.45, 7) is 0.312. The van der Waals surface area contributed by atoms with E-state index in [1.165, 1.54) is 0 Å². The lowest BCUT2D eigenvalue weighted by Crippen LogP contribution is -2.62. The number of amides is 4. The predicted molar refractivity (Wildman–Crippen MR) is 55.2 cm³/mol. The lowest BCUT2D eigenvalue weighted by molar-refractivity contribution is 0.00587. The van der Waals surface area contributed by atoms with E-state index in [4.69, 9.17) is 4.74 Å². The summed E-state index contributed by atoms with van der Waals surface area (Å²) in [5.41, 5.74) is 0.963. The van der Waals surface area contributed by atoms with E-state index in [0.717, 1.165) is 5.56 Å². The van der Waals surface area contributed by atoms with E-state index in [2.05, 4.69) is 10.6 Å². The number of imide groups is 1. The van der Waals surface area contributed by atoms with Gasteiger partial charge in [-0.15, -0.1) is 0 Å². The van der Waals surface area contributed by atoms with Crippen molar-refractivity contribution < 1.29 is 14.3 Å². The summed E-state index contributed by atoms with van der Waals surface area (Å²) < 4.78 is 5.31. The topological polar surface area (TPSA) is 79.5 Å². The normalized spacial score (nSPS) is 16.2. The molecule has 84 valence electrons. The minimum absolute atomic E-state index is 0.312. The Morgan fingerprint density at radius 2 is 1.69 bits per heavy atom. The fourth-order valence-electron chi connectivity index (χ4n) is 1.29. The molecule has 0 atom stereocenters. The van der Waals surface area contributed by atoms with Crippen LogP contribution >= 0.6 is 0 Å². The van der Waals surface area contributed by atoms with Crippen molar-refractivity contribution in [3.8, 4) is 0 Å². The summed E-state index contributed by atoms with van der Waals surface area (Å²) in [6.07, 6.45) is -0.790. The summed E-state index contributed by atoms with van der Waals surface area (Å²) in [6, 6.07) is 8.33. The molecule has 16 heavy (non-hydrogen) atoms. The lowest BCUT2D eigenvalue weighted by atomic mass is 10.2. The number of hydrogen-bond donors (Lipinski definition) is 3. The first-order valence-corrected chi connectivity index (χ1v) is 4.77. The van der Waals surface area contributed by atoms with Gasteiger partial charge < -0.3 is 4.74 Å². The fraction of sp³-hybridized carbons (Fsp3) is 0.200. The van der Waals surface area contributed by atoms with Crippen molar-refractivity contribution in [2.75, 3.05) is 0 Å². The second kappa shape index (κ2) is 4.63. The maximum atomic E-state index is 10.9. The van der Waals surface area contributed by atoms with Gasteiger partial charge >= 0.3 is 12.1 Å². The minimum atomic E-state index is -0.790. The quantitative estimate of drug-likeness (QED) is 0.695. The molecule has 6 nitrogen and oxygen atoms in total. The van der Waals surface area contributed by atoms with Crippen molar-refractivity contribution in [1.82, 2.24) is 16.0 Å². The highest BCUT2D eigenvalue weighted by molar-refractivity contribution is 5.95. The van der Waals surface area contributed by atoms with Crippen molar-refractivity contribution in [2.24, 2.45) is 0 Å². The Morgan fingerprint density at radius 1 is 1.06 bits per heavy atom. The number of ether oxygens (including phenoxy) is 1. The molecule has 0 aliphatic carbocycles. The maximum absolute atomic E-state index is 10.9. The van der Waals surface area contributed by atoms with Gasteiger partial charge in [-0.25, -0.2) is 9.59 Å². The SMILES string of the molecule is O=C1NC(=O)NC(OCc2ccccc2)N1. The molecule has 1 fully saturated rings. The largest absolute Gasteiger partial charge is 0.336 e. The predicted octanol–water partition coefficient (Wildman–Crippen LogP) is 0.509. The zero-order valence-electron chi connectivity index (χ0n) is 8.40. The Hall–Kier alpha value is -2.08. The average molecular weight is 221 g/mol. The summed E-state index contributed by atoms with van der Waals surface area (Å²) in [7, 11) is 0. The smallest absolute Gasteiger partial charge is 0.326 e. The minimum Gasteiger partial charge on any atom is -0.336 e. The third-order valence-corrected chi connectivity index (χ3v) is 2.01. The second-order valence-electron chi connectivity index (χ2n) is 3.25. The highest BCUT2D eigenvalue weighted by atomic mass is 16.5. The van der Waals surface area contributed by atoms with Crippen molar-refractivity contribution >= 4 is 12.1 Å². The summed E-state index contributed by atoms with van der Waals surface area (Å²) in [5, 5.41) is 6.85. The van der Waals surface area contributed by atoms with E-state index in [9.17, 15) is 9.59 Å². The number of nitrogens with one attached hydrogen (secondary N) is 3. The Morgan fingerprint density at radius 3 is 2.31 bits per heavy atom. The molecule has 1 aromatic rings. The van der Waals surface area contributed by atoms with Gasteiger partial charge in [0.1, 0.15) is 0 Å². The number of carbonyl (C=O) groups is 2. The molecular formula is C10H11N3O3. The van der Waals surface area contributed by atoms with Crippen LogP contribution in [-0.2, 0) is 11.3 Å². The van der Waals surface area contributed by atoms with Gasteiger partial charge in [-0.3, -0.25) is 16.0 Å². The van der Waals surface area contributed by atoms with Gasteiger partial charge in [-0.2, -0.15) is 0 Å². The van der Waals surface area contributed by atoms with Crippen molar-refractivity contribution in [3.63, 3.8) is 0 Å². The van der Waals surface area contributed by atoms with Crippen molar-refractivity contribution in [1.29, 1.82) is 0 Å². The third kappa shape index (κ3) is 2.71. The molecule has 1 saturated heterocycles. The zero-order valence-corrected chi connectivity index (χ0v) is 8.40. The Balaban J connectivity index is 1.86. The fourth-order valence-corrected chi connectivity index (χ4v) is 1.29. The first-order chi connectivity index (χ1) is 7.74. The van der Waals surface area contributed by atoms with E-state index in [0.29, 0.717) is 6.61 Å². The lowest BCUT2D eigenvalue weighted by Gasteiger charge is -2.24. The van der Waals surface area contributed by atoms with Crippen LogP contribution in [0.4, 0.5) is 9.59 Å². The van der Waals surface area contributed by atoms with Crippen molar-refractivity contribution in [3.05, 3.63) is 35.9 Å². The molecule has 1 heterocycles. The van der Waals surface area contributed by atoms with E-state index < -0.39 is 18.4 Å². The Bertz CT molecular complexity index is 378. The van der Waals surface area contributed by atoms with Crippen LogP contribution < -0.4 is 16.0 Å². The summed E-state index contributed by atoms with van der Waals surface area (Å²) in [4.78, 5) is 21.9. The third-order valence-electron chi connectivity index (χ3n) is 2.01. The van der Waals surface area contributed by atoms with Crippen LogP contribution in [0.15, 0.2) is 30.3 Å². The molecule has 0 saturated carbocycles. The van der Waals surface area contributed by atoms with Gasteiger partial charge in [0.05, 0.1) is 6.61 Å². The maximum Gasteiger partial charge on any atom is 0.326 e. The number of rotatable bonds is 3. The molecule has 4 amide bonds. The van der Waals surface area contributed by atoms with Gasteiger partial charge in [0.2, 0.25) is 6.35 Å². The molecule has 1 aromatic carbocycles. The van der Waals surface area contributed by atoms with Crippen LogP contribution in [0.1, 0.15) is 5.56 Å². The molecule has 2 rings (SSSR count). The number of benzene rings is 1. The molecule has 6 heteroatoms. The zero-order chi connectivity index (χ0) is 11.4. The van der Waals surface area contributed by atoms with Crippen LogP contribution in [0.3, 0.4) is 0 Å².